The van der Waals surface area contributed by atoms with Crippen molar-refractivity contribution < 1.29 is 4.74 Å². The molecule has 0 amide bonds. The molecule has 2 aliphatic heterocycles. The quantitative estimate of drug-likeness (QED) is 0.602. The minimum Gasteiger partial charge on any atom is -0.381 e. The Morgan fingerprint density at radius 3 is 2.19 bits per heavy atom. The van der Waals surface area contributed by atoms with E-state index in [1.165, 1.54) is 70.6 Å². The van der Waals surface area contributed by atoms with Crippen LogP contribution in [0.5, 0.6) is 0 Å². The van der Waals surface area contributed by atoms with Crippen molar-refractivity contribution in [3.8, 4) is 6.07 Å². The maximum atomic E-state index is 9.58. The van der Waals surface area contributed by atoms with Gasteiger partial charge in [-0.15, -0.1) is 0 Å². The molecule has 0 aromatic rings. The van der Waals surface area contributed by atoms with E-state index in [9.17, 15) is 5.26 Å². The van der Waals surface area contributed by atoms with Gasteiger partial charge in [0.1, 0.15) is 0 Å². The van der Waals surface area contributed by atoms with Crippen molar-refractivity contribution >= 4 is 0 Å². The standard InChI is InChI=1S/C27H46N4O/c1-27(2,16-28)20-9-4-18(5-10-20)26-25-22-14-19(17-6-11-21(32-3)12-7-17)8-13-23(22)29-15-24(25)30-31-26/h17-26,29-31H,4-15H2,1-3H3. The zero-order valence-corrected chi connectivity index (χ0v) is 20.6. The number of nitrogens with zero attached hydrogens (tertiary/aromatic N) is 1. The summed E-state index contributed by atoms with van der Waals surface area (Å²) in [5.41, 5.74) is 7.35. The molecule has 2 heterocycles. The molecule has 2 saturated heterocycles. The van der Waals surface area contributed by atoms with Crippen molar-refractivity contribution in [2.45, 2.75) is 109 Å². The van der Waals surface area contributed by atoms with Gasteiger partial charge in [0.25, 0.3) is 0 Å². The fourth-order valence-electron chi connectivity index (χ4n) is 8.54. The lowest BCUT2D eigenvalue weighted by Crippen LogP contribution is -2.58. The Hall–Kier alpha value is -0.670. The first-order valence-electron chi connectivity index (χ1n) is 13.7. The summed E-state index contributed by atoms with van der Waals surface area (Å²) in [7, 11) is 1.89. The van der Waals surface area contributed by atoms with Crippen molar-refractivity contribution in [3.63, 3.8) is 0 Å². The van der Waals surface area contributed by atoms with Crippen LogP contribution in [0.4, 0.5) is 0 Å². The van der Waals surface area contributed by atoms with Gasteiger partial charge < -0.3 is 10.1 Å². The number of rotatable bonds is 4. The summed E-state index contributed by atoms with van der Waals surface area (Å²) in [4.78, 5) is 0. The van der Waals surface area contributed by atoms with Gasteiger partial charge in [-0.2, -0.15) is 5.26 Å². The lowest BCUT2D eigenvalue weighted by atomic mass is 9.60. The molecule has 5 nitrogen and oxygen atoms in total. The number of hydrogen-bond acceptors (Lipinski definition) is 5. The van der Waals surface area contributed by atoms with E-state index in [0.717, 1.165) is 42.2 Å². The van der Waals surface area contributed by atoms with Crippen LogP contribution < -0.4 is 16.2 Å². The van der Waals surface area contributed by atoms with E-state index >= 15 is 0 Å². The van der Waals surface area contributed by atoms with Gasteiger partial charge in [0.15, 0.2) is 0 Å². The van der Waals surface area contributed by atoms with E-state index in [0.29, 0.717) is 24.1 Å². The van der Waals surface area contributed by atoms with Gasteiger partial charge in [-0.1, -0.05) is 0 Å². The first-order valence-corrected chi connectivity index (χ1v) is 13.7. The summed E-state index contributed by atoms with van der Waals surface area (Å²) in [6.45, 7) is 5.40. The van der Waals surface area contributed by atoms with Gasteiger partial charge >= 0.3 is 0 Å². The predicted molar refractivity (Wildman–Crippen MR) is 128 cm³/mol. The highest BCUT2D eigenvalue weighted by Crippen LogP contribution is 2.49. The van der Waals surface area contributed by atoms with Gasteiger partial charge in [0.05, 0.1) is 17.6 Å². The van der Waals surface area contributed by atoms with Gasteiger partial charge in [0, 0.05) is 31.8 Å². The fraction of sp³-hybridized carbons (Fsp3) is 0.963. The van der Waals surface area contributed by atoms with E-state index < -0.39 is 0 Å². The average molecular weight is 443 g/mol. The maximum absolute atomic E-state index is 9.58. The molecular formula is C27H46N4O. The summed E-state index contributed by atoms with van der Waals surface area (Å²) in [5, 5.41) is 13.5. The topological polar surface area (TPSA) is 69.1 Å². The molecule has 3 saturated carbocycles. The second kappa shape index (κ2) is 9.53. The molecular weight excluding hydrogens is 396 g/mol. The van der Waals surface area contributed by atoms with Crippen molar-refractivity contribution in [1.82, 2.24) is 16.2 Å². The highest BCUT2D eigenvalue weighted by Gasteiger charge is 2.52. The van der Waals surface area contributed by atoms with Crippen LogP contribution in [0.3, 0.4) is 0 Å². The average Bonchev–Trinajstić information content (AvgIpc) is 3.28. The van der Waals surface area contributed by atoms with Crippen molar-refractivity contribution in [3.05, 3.63) is 0 Å². The number of methoxy groups -OCH3 is 1. The van der Waals surface area contributed by atoms with Gasteiger partial charge in [0.2, 0.25) is 0 Å². The molecule has 3 aliphatic carbocycles. The summed E-state index contributed by atoms with van der Waals surface area (Å²) in [5.74, 6) is 4.75. The Bertz CT molecular complexity index is 674. The molecule has 32 heavy (non-hydrogen) atoms. The van der Waals surface area contributed by atoms with E-state index in [1.54, 1.807) is 0 Å². The third-order valence-corrected chi connectivity index (χ3v) is 10.7. The fourth-order valence-corrected chi connectivity index (χ4v) is 8.54. The van der Waals surface area contributed by atoms with Crippen LogP contribution in [0.25, 0.3) is 0 Å². The van der Waals surface area contributed by atoms with Gasteiger partial charge in [-0.05, 0) is 120 Å². The normalized spacial score (nSPS) is 47.3. The molecule has 5 heteroatoms. The first-order chi connectivity index (χ1) is 15.5. The molecule has 0 aromatic carbocycles. The van der Waals surface area contributed by atoms with Crippen molar-refractivity contribution in [1.29, 1.82) is 5.26 Å². The lowest BCUT2D eigenvalue weighted by Gasteiger charge is -2.50. The van der Waals surface area contributed by atoms with Gasteiger partial charge in [-0.25, -0.2) is 0 Å². The number of piperidine rings is 1. The summed E-state index contributed by atoms with van der Waals surface area (Å²) >= 11 is 0. The molecule has 0 spiro atoms. The highest BCUT2D eigenvalue weighted by atomic mass is 16.5. The number of nitrogens with one attached hydrogen (secondary N) is 3. The second-order valence-corrected chi connectivity index (χ2v) is 12.5. The zero-order chi connectivity index (χ0) is 22.3. The number of hydrogen-bond donors (Lipinski definition) is 3. The van der Waals surface area contributed by atoms with E-state index in [4.69, 9.17) is 4.74 Å². The molecule has 6 atom stereocenters. The Morgan fingerprint density at radius 2 is 1.50 bits per heavy atom. The number of hydrazine groups is 1. The third-order valence-electron chi connectivity index (χ3n) is 10.7. The summed E-state index contributed by atoms with van der Waals surface area (Å²) < 4.78 is 5.64. The SMILES string of the molecule is COC1CCC(C2CCC3NCC4NNC(C5CCC(C(C)(C)C#N)CC5)C4C3C2)CC1. The predicted octanol–water partition coefficient (Wildman–Crippen LogP) is 4.40. The minimum absolute atomic E-state index is 0.173. The third kappa shape index (κ3) is 4.38. The Labute approximate surface area is 195 Å². The molecule has 180 valence electrons. The second-order valence-electron chi connectivity index (χ2n) is 12.5. The van der Waals surface area contributed by atoms with E-state index in [1.807, 2.05) is 7.11 Å². The van der Waals surface area contributed by atoms with Crippen LogP contribution in [-0.2, 0) is 4.74 Å². The maximum Gasteiger partial charge on any atom is 0.0686 e. The van der Waals surface area contributed by atoms with Crippen LogP contribution in [-0.4, -0.2) is 37.9 Å². The van der Waals surface area contributed by atoms with Crippen molar-refractivity contribution in [2.75, 3.05) is 13.7 Å². The lowest BCUT2D eigenvalue weighted by molar-refractivity contribution is 0.0167. The smallest absolute Gasteiger partial charge is 0.0686 e. The summed E-state index contributed by atoms with van der Waals surface area (Å²) in [6, 6.07) is 4.49. The largest absolute Gasteiger partial charge is 0.381 e. The molecule has 0 radical (unpaired) electrons. The van der Waals surface area contributed by atoms with E-state index in [-0.39, 0.29) is 5.41 Å². The molecule has 5 rings (SSSR count). The summed E-state index contributed by atoms with van der Waals surface area (Å²) in [6.07, 6.45) is 15.0. The molecule has 5 aliphatic rings. The minimum atomic E-state index is -0.173. The Balaban J connectivity index is 1.24. The van der Waals surface area contributed by atoms with E-state index in [2.05, 4.69) is 36.1 Å². The van der Waals surface area contributed by atoms with Crippen molar-refractivity contribution in [2.24, 2.45) is 40.9 Å². The molecule has 0 aromatic heterocycles. The molecule has 3 N–H and O–H groups in total. The Morgan fingerprint density at radius 1 is 0.812 bits per heavy atom. The van der Waals surface area contributed by atoms with Crippen LogP contribution in [0.1, 0.15) is 84.5 Å². The Kier molecular flexibility index (Phi) is 6.87. The number of fused-ring (bicyclic) bond motifs is 3. The zero-order valence-electron chi connectivity index (χ0n) is 20.6. The monoisotopic (exact) mass is 442 g/mol. The number of ether oxygens (including phenoxy) is 1. The van der Waals surface area contributed by atoms with Gasteiger partial charge in [-0.3, -0.25) is 10.9 Å². The molecule has 6 unspecified atom stereocenters. The van der Waals surface area contributed by atoms with Crippen LogP contribution >= 0.6 is 0 Å². The first kappa shape index (κ1) is 23.1. The van der Waals surface area contributed by atoms with Crippen LogP contribution in [0, 0.1) is 52.3 Å². The highest BCUT2D eigenvalue weighted by molar-refractivity contribution is 5.08. The number of nitriles is 1. The van der Waals surface area contributed by atoms with Crippen LogP contribution in [0.2, 0.25) is 0 Å². The van der Waals surface area contributed by atoms with Crippen LogP contribution in [0.15, 0.2) is 0 Å². The molecule has 0 bridgehead atoms. The molecule has 5 fully saturated rings.